The summed E-state index contributed by atoms with van der Waals surface area (Å²) < 4.78 is 7.41. The van der Waals surface area contributed by atoms with Crippen LogP contribution in [0.25, 0.3) is 5.57 Å². The Kier molecular flexibility index (Phi) is 5.61. The summed E-state index contributed by atoms with van der Waals surface area (Å²) in [5, 5.41) is 1.91. The summed E-state index contributed by atoms with van der Waals surface area (Å²) in [6, 6.07) is 10.5. The summed E-state index contributed by atoms with van der Waals surface area (Å²) in [5.41, 5.74) is 2.38. The molecule has 4 heterocycles. The maximum atomic E-state index is 13.9. The molecular weight excluding hydrogens is 470 g/mol. The topological polar surface area (TPSA) is 81.0 Å². The number of anilines is 1. The number of allylic oxidation sites excluding steroid dienone is 1. The van der Waals surface area contributed by atoms with Gasteiger partial charge in [-0.2, -0.15) is 0 Å². The number of hydrogen-bond acceptors (Lipinski definition) is 7. The molecule has 0 saturated carbocycles. The van der Waals surface area contributed by atoms with Gasteiger partial charge in [-0.05, 0) is 30.4 Å². The lowest BCUT2D eigenvalue weighted by Crippen LogP contribution is -2.40. The van der Waals surface area contributed by atoms with Gasteiger partial charge in [-0.25, -0.2) is 9.79 Å². The van der Waals surface area contributed by atoms with Crippen molar-refractivity contribution in [3.63, 3.8) is 0 Å². The average Bonchev–Trinajstić information content (AvgIpc) is 3.50. The van der Waals surface area contributed by atoms with Crippen LogP contribution in [0.15, 0.2) is 62.8 Å². The summed E-state index contributed by atoms with van der Waals surface area (Å²) in [5.74, 6) is -0.529. The van der Waals surface area contributed by atoms with Gasteiger partial charge in [0, 0.05) is 17.5 Å². The number of rotatable bonds is 4. The van der Waals surface area contributed by atoms with Gasteiger partial charge in [0.2, 0.25) is 0 Å². The molecular formula is C25H23N3O4S2. The van der Waals surface area contributed by atoms with Gasteiger partial charge in [0.25, 0.3) is 11.5 Å². The van der Waals surface area contributed by atoms with Gasteiger partial charge < -0.3 is 9.64 Å². The van der Waals surface area contributed by atoms with E-state index in [9.17, 15) is 14.4 Å². The highest BCUT2D eigenvalue weighted by Crippen LogP contribution is 2.35. The summed E-state index contributed by atoms with van der Waals surface area (Å²) in [4.78, 5) is 47.6. The van der Waals surface area contributed by atoms with E-state index in [1.165, 1.54) is 27.2 Å². The first-order chi connectivity index (χ1) is 16.3. The Labute approximate surface area is 203 Å². The lowest BCUT2D eigenvalue weighted by Gasteiger charge is -2.23. The molecule has 0 fully saturated rings. The molecule has 7 nitrogen and oxygen atoms in total. The fraction of sp³-hybridized carbons (Fsp3) is 0.280. The van der Waals surface area contributed by atoms with Crippen molar-refractivity contribution in [1.82, 2.24) is 4.57 Å². The number of amides is 1. The Morgan fingerprint density at radius 1 is 1.18 bits per heavy atom. The van der Waals surface area contributed by atoms with Crippen molar-refractivity contribution in [1.29, 1.82) is 0 Å². The maximum absolute atomic E-state index is 13.9. The second-order valence-corrected chi connectivity index (χ2v) is 10.6. The largest absolute Gasteiger partial charge is 0.462 e. The molecule has 9 heteroatoms. The van der Waals surface area contributed by atoms with Crippen molar-refractivity contribution in [3.8, 4) is 0 Å². The standard InChI is InChI=1S/C25H23N3O4S2/c1-13(2)12-32-24(31)18-14(3)26-25-28(20(18)17-10-7-11-33-17)23(30)21(34-25)19-15-8-5-6-9-16(15)27(4)22(19)29/h5-11,13,20H,12H2,1-4H3/b21-19-. The fourth-order valence-corrected chi connectivity index (χ4v) is 6.22. The van der Waals surface area contributed by atoms with E-state index in [0.717, 1.165) is 16.1 Å². The van der Waals surface area contributed by atoms with Crippen LogP contribution < -0.4 is 19.8 Å². The minimum absolute atomic E-state index is 0.179. The van der Waals surface area contributed by atoms with Gasteiger partial charge in [-0.15, -0.1) is 11.3 Å². The van der Waals surface area contributed by atoms with Crippen LogP contribution in [-0.2, 0) is 14.3 Å². The van der Waals surface area contributed by atoms with Crippen LogP contribution in [0.5, 0.6) is 0 Å². The maximum Gasteiger partial charge on any atom is 0.338 e. The zero-order valence-corrected chi connectivity index (χ0v) is 20.8. The number of thiophene rings is 1. The van der Waals surface area contributed by atoms with E-state index in [2.05, 4.69) is 4.99 Å². The third-order valence-electron chi connectivity index (χ3n) is 5.86. The average molecular weight is 494 g/mol. The predicted molar refractivity (Wildman–Crippen MR) is 133 cm³/mol. The Bertz CT molecular complexity index is 1530. The number of benzene rings is 1. The monoisotopic (exact) mass is 493 g/mol. The van der Waals surface area contributed by atoms with Crippen molar-refractivity contribution in [2.45, 2.75) is 26.8 Å². The summed E-state index contributed by atoms with van der Waals surface area (Å²) in [7, 11) is 1.70. The van der Waals surface area contributed by atoms with E-state index in [1.807, 2.05) is 55.6 Å². The number of carbonyl (C=O) groups excluding carboxylic acids is 2. The van der Waals surface area contributed by atoms with Crippen LogP contribution >= 0.6 is 22.7 Å². The molecule has 1 atom stereocenters. The van der Waals surface area contributed by atoms with Gasteiger partial charge in [0.1, 0.15) is 10.6 Å². The van der Waals surface area contributed by atoms with Crippen molar-refractivity contribution < 1.29 is 14.3 Å². The molecule has 1 unspecified atom stereocenters. The molecule has 1 amide bonds. The minimum Gasteiger partial charge on any atom is -0.462 e. The number of para-hydroxylation sites is 1. The van der Waals surface area contributed by atoms with E-state index in [1.54, 1.807) is 18.9 Å². The zero-order chi connectivity index (χ0) is 24.1. The highest BCUT2D eigenvalue weighted by Gasteiger charge is 2.36. The molecule has 0 bridgehead atoms. The second-order valence-electron chi connectivity index (χ2n) is 8.67. The number of hydrogen-bond donors (Lipinski definition) is 0. The van der Waals surface area contributed by atoms with Gasteiger partial charge in [-0.3, -0.25) is 14.2 Å². The highest BCUT2D eigenvalue weighted by molar-refractivity contribution is 7.10. The van der Waals surface area contributed by atoms with Crippen molar-refractivity contribution in [3.05, 3.63) is 83.2 Å². The summed E-state index contributed by atoms with van der Waals surface area (Å²) >= 11 is 2.64. The Morgan fingerprint density at radius 3 is 2.65 bits per heavy atom. The number of thiazole rings is 1. The zero-order valence-electron chi connectivity index (χ0n) is 19.2. The van der Waals surface area contributed by atoms with Gasteiger partial charge in [0.05, 0.1) is 29.1 Å². The molecule has 1 aromatic carbocycles. The minimum atomic E-state index is -0.658. The van der Waals surface area contributed by atoms with Crippen LogP contribution in [0.2, 0.25) is 0 Å². The van der Waals surface area contributed by atoms with Crippen LogP contribution in [0.3, 0.4) is 0 Å². The Morgan fingerprint density at radius 2 is 1.94 bits per heavy atom. The van der Waals surface area contributed by atoms with Crippen LogP contribution in [0.1, 0.15) is 37.3 Å². The molecule has 5 rings (SSSR count). The number of aromatic nitrogens is 1. The van der Waals surface area contributed by atoms with Gasteiger partial charge in [0.15, 0.2) is 4.80 Å². The first-order valence-electron chi connectivity index (χ1n) is 10.9. The van der Waals surface area contributed by atoms with E-state index >= 15 is 0 Å². The smallest absolute Gasteiger partial charge is 0.338 e. The summed E-state index contributed by atoms with van der Waals surface area (Å²) in [6.45, 7) is 5.97. The third-order valence-corrected chi connectivity index (χ3v) is 7.84. The third kappa shape index (κ3) is 3.47. The van der Waals surface area contributed by atoms with E-state index < -0.39 is 12.0 Å². The number of nitrogens with zero attached hydrogens (tertiary/aromatic N) is 3. The second kappa shape index (κ2) is 8.48. The lowest BCUT2D eigenvalue weighted by atomic mass is 10.0. The molecule has 3 aromatic rings. The van der Waals surface area contributed by atoms with E-state index in [-0.39, 0.29) is 24.0 Å². The number of fused-ring (bicyclic) bond motifs is 2. The predicted octanol–water partition coefficient (Wildman–Crippen LogP) is 2.84. The molecule has 0 N–H and O–H groups in total. The van der Waals surface area contributed by atoms with E-state index in [4.69, 9.17) is 4.74 Å². The molecule has 34 heavy (non-hydrogen) atoms. The molecule has 0 spiro atoms. The lowest BCUT2D eigenvalue weighted by molar-refractivity contribution is -0.140. The quantitative estimate of drug-likeness (QED) is 0.524. The number of esters is 1. The van der Waals surface area contributed by atoms with Crippen molar-refractivity contribution >= 4 is 45.8 Å². The first-order valence-corrected chi connectivity index (χ1v) is 12.6. The van der Waals surface area contributed by atoms with E-state index in [0.29, 0.717) is 26.2 Å². The SMILES string of the molecule is CC1=C(C(=O)OCC(C)C)C(c2cccs2)n2c(s/c(=C3\C(=O)N(C)c4ccccc43)c2=O)=N1. The first kappa shape index (κ1) is 22.5. The molecule has 2 aromatic heterocycles. The molecule has 0 aliphatic carbocycles. The number of likely N-dealkylation sites (N-methyl/N-ethyl adjacent to an activating group) is 1. The molecule has 0 saturated heterocycles. The van der Waals surface area contributed by atoms with Crippen molar-refractivity contribution in [2.24, 2.45) is 10.9 Å². The molecule has 2 aliphatic rings. The number of carbonyl (C=O) groups is 2. The highest BCUT2D eigenvalue weighted by atomic mass is 32.1. The van der Waals surface area contributed by atoms with Crippen LogP contribution in [-0.4, -0.2) is 30.1 Å². The molecule has 2 aliphatic heterocycles. The molecule has 174 valence electrons. The van der Waals surface area contributed by atoms with Crippen LogP contribution in [0.4, 0.5) is 5.69 Å². The Balaban J connectivity index is 1.76. The van der Waals surface area contributed by atoms with Crippen LogP contribution in [0, 0.1) is 5.92 Å². The molecule has 0 radical (unpaired) electrons. The summed E-state index contributed by atoms with van der Waals surface area (Å²) in [6.07, 6.45) is 0. The van der Waals surface area contributed by atoms with Crippen molar-refractivity contribution in [2.75, 3.05) is 18.6 Å². The van der Waals surface area contributed by atoms with Gasteiger partial charge >= 0.3 is 5.97 Å². The normalized spacial score (nSPS) is 18.8. The van der Waals surface area contributed by atoms with Gasteiger partial charge in [-0.1, -0.05) is 49.4 Å². The Hall–Kier alpha value is -3.30. The number of ether oxygens (including phenoxy) is 1. The fourth-order valence-electron chi connectivity index (χ4n) is 4.26.